The second-order valence-corrected chi connectivity index (χ2v) is 9.03. The molecule has 3 amide bonds. The van der Waals surface area contributed by atoms with Crippen molar-refractivity contribution in [1.82, 2.24) is 10.6 Å². The normalized spacial score (nSPS) is 19.1. The molecule has 1 aliphatic carbocycles. The third kappa shape index (κ3) is 4.47. The maximum absolute atomic E-state index is 13.6. The minimum atomic E-state index is -1.16. The Morgan fingerprint density at radius 2 is 1.71 bits per heavy atom. The van der Waals surface area contributed by atoms with Crippen molar-refractivity contribution in [3.63, 3.8) is 0 Å². The lowest BCUT2D eigenvalue weighted by molar-refractivity contribution is -0.144. The molecule has 1 fully saturated rings. The molecule has 1 aliphatic heterocycles. The fourth-order valence-electron chi connectivity index (χ4n) is 4.79. The lowest BCUT2D eigenvalue weighted by Crippen LogP contribution is -2.55. The summed E-state index contributed by atoms with van der Waals surface area (Å²) in [5, 5.41) is 5.78. The van der Waals surface area contributed by atoms with E-state index in [-0.39, 0.29) is 11.8 Å². The first-order valence-corrected chi connectivity index (χ1v) is 12.1. The van der Waals surface area contributed by atoms with Crippen LogP contribution in [0.5, 0.6) is 0 Å². The first kappa shape index (κ1) is 23.7. The molecule has 0 spiro atoms. The summed E-state index contributed by atoms with van der Waals surface area (Å²) in [7, 11) is 1.69. The van der Waals surface area contributed by atoms with Gasteiger partial charge < -0.3 is 15.5 Å². The Labute approximate surface area is 200 Å². The molecule has 1 saturated carbocycles. The van der Waals surface area contributed by atoms with Gasteiger partial charge in [-0.25, -0.2) is 4.99 Å². The lowest BCUT2D eigenvalue weighted by Gasteiger charge is -2.28. The summed E-state index contributed by atoms with van der Waals surface area (Å²) in [5.74, 6) is -1.01. The number of carbonyl (C=O) groups excluding carboxylic acids is 3. The van der Waals surface area contributed by atoms with Crippen LogP contribution in [0.1, 0.15) is 56.6 Å². The SMILES string of the molecule is CCCCNC(=O)C1(C(=O)N[C@H]2N=C(c3ccccc3)c3ccccc3N(C)C2=O)CCCC1. The number of likely N-dealkylation sites (N-methyl/N-ethyl adjacent to an activating group) is 1. The quantitative estimate of drug-likeness (QED) is 0.490. The van der Waals surface area contributed by atoms with Gasteiger partial charge in [0.15, 0.2) is 0 Å². The highest BCUT2D eigenvalue weighted by molar-refractivity contribution is 6.20. The Bertz CT molecular complexity index is 1090. The van der Waals surface area contributed by atoms with E-state index in [2.05, 4.69) is 17.6 Å². The summed E-state index contributed by atoms with van der Waals surface area (Å²) in [6.07, 6.45) is 3.25. The van der Waals surface area contributed by atoms with Crippen LogP contribution < -0.4 is 15.5 Å². The summed E-state index contributed by atoms with van der Waals surface area (Å²) in [4.78, 5) is 46.4. The molecule has 0 bridgehead atoms. The largest absolute Gasteiger partial charge is 0.355 e. The van der Waals surface area contributed by atoms with Crippen molar-refractivity contribution in [2.24, 2.45) is 10.4 Å². The molecule has 7 heteroatoms. The van der Waals surface area contributed by atoms with E-state index in [0.29, 0.717) is 25.1 Å². The molecule has 2 N–H and O–H groups in total. The molecule has 0 saturated heterocycles. The topological polar surface area (TPSA) is 90.9 Å². The van der Waals surface area contributed by atoms with E-state index in [0.717, 1.165) is 42.5 Å². The van der Waals surface area contributed by atoms with E-state index in [9.17, 15) is 14.4 Å². The van der Waals surface area contributed by atoms with Gasteiger partial charge in [-0.2, -0.15) is 0 Å². The molecule has 34 heavy (non-hydrogen) atoms. The molecule has 0 unspecified atom stereocenters. The summed E-state index contributed by atoms with van der Waals surface area (Å²) in [5.41, 5.74) is 1.86. The molecule has 178 valence electrons. The highest BCUT2D eigenvalue weighted by Gasteiger charge is 2.49. The number of aliphatic imine (C=N–C) groups is 1. The van der Waals surface area contributed by atoms with Gasteiger partial charge in [-0.05, 0) is 25.3 Å². The Balaban J connectivity index is 1.68. The van der Waals surface area contributed by atoms with Gasteiger partial charge in [0, 0.05) is 24.7 Å². The van der Waals surface area contributed by atoms with Crippen LogP contribution >= 0.6 is 0 Å². The van der Waals surface area contributed by atoms with Gasteiger partial charge in [0.05, 0.1) is 11.4 Å². The molecule has 1 heterocycles. The van der Waals surface area contributed by atoms with Crippen molar-refractivity contribution in [2.75, 3.05) is 18.5 Å². The van der Waals surface area contributed by atoms with Gasteiger partial charge in [0.1, 0.15) is 5.41 Å². The number of nitrogens with zero attached hydrogens (tertiary/aromatic N) is 2. The highest BCUT2D eigenvalue weighted by Crippen LogP contribution is 2.39. The van der Waals surface area contributed by atoms with Crippen molar-refractivity contribution in [3.8, 4) is 0 Å². The average molecular weight is 461 g/mol. The molecule has 2 aliphatic rings. The standard InChI is InChI=1S/C27H32N4O3/c1-3-4-18-28-25(33)27(16-10-11-17-27)26(34)30-23-24(32)31(2)21-15-9-8-14-20(21)22(29-23)19-12-6-5-7-13-19/h5-9,12-15,23H,3-4,10-11,16-18H2,1-2H3,(H,28,33)(H,30,34)/t23-/m1/s1. The molecular weight excluding hydrogens is 428 g/mol. The third-order valence-corrected chi connectivity index (χ3v) is 6.80. The Morgan fingerprint density at radius 3 is 2.41 bits per heavy atom. The van der Waals surface area contributed by atoms with E-state index in [4.69, 9.17) is 4.99 Å². The van der Waals surface area contributed by atoms with Crippen LogP contribution in [0, 0.1) is 5.41 Å². The maximum Gasteiger partial charge on any atom is 0.272 e. The van der Waals surface area contributed by atoms with Gasteiger partial charge in [0.25, 0.3) is 5.91 Å². The fourth-order valence-corrected chi connectivity index (χ4v) is 4.79. The van der Waals surface area contributed by atoms with Crippen molar-refractivity contribution >= 4 is 29.1 Å². The van der Waals surface area contributed by atoms with Gasteiger partial charge in [-0.1, -0.05) is 74.7 Å². The van der Waals surface area contributed by atoms with E-state index in [1.807, 2.05) is 54.6 Å². The van der Waals surface area contributed by atoms with E-state index in [1.165, 1.54) is 4.90 Å². The summed E-state index contributed by atoms with van der Waals surface area (Å²) in [6, 6.07) is 17.2. The smallest absolute Gasteiger partial charge is 0.272 e. The number of benzodiazepines with no additional fused rings is 1. The van der Waals surface area contributed by atoms with E-state index >= 15 is 0 Å². The number of nitrogens with one attached hydrogen (secondary N) is 2. The van der Waals surface area contributed by atoms with Gasteiger partial charge in [-0.15, -0.1) is 0 Å². The lowest BCUT2D eigenvalue weighted by atomic mass is 9.83. The fraction of sp³-hybridized carbons (Fsp3) is 0.407. The predicted octanol–water partition coefficient (Wildman–Crippen LogP) is 3.42. The van der Waals surface area contributed by atoms with Crippen molar-refractivity contribution in [1.29, 1.82) is 0 Å². The molecule has 2 aromatic carbocycles. The number of carbonyl (C=O) groups is 3. The van der Waals surface area contributed by atoms with Crippen LogP contribution in [0.2, 0.25) is 0 Å². The number of rotatable bonds is 7. The zero-order valence-electron chi connectivity index (χ0n) is 19.8. The first-order chi connectivity index (χ1) is 16.5. The number of para-hydroxylation sites is 1. The molecule has 0 aromatic heterocycles. The Morgan fingerprint density at radius 1 is 1.03 bits per heavy atom. The third-order valence-electron chi connectivity index (χ3n) is 6.80. The van der Waals surface area contributed by atoms with Crippen LogP contribution in [-0.4, -0.2) is 43.2 Å². The van der Waals surface area contributed by atoms with E-state index < -0.39 is 17.5 Å². The number of hydrogen-bond acceptors (Lipinski definition) is 4. The zero-order valence-corrected chi connectivity index (χ0v) is 19.8. The van der Waals surface area contributed by atoms with Crippen molar-refractivity contribution in [2.45, 2.75) is 51.6 Å². The number of benzene rings is 2. The number of fused-ring (bicyclic) bond motifs is 1. The van der Waals surface area contributed by atoms with Crippen LogP contribution in [-0.2, 0) is 14.4 Å². The first-order valence-electron chi connectivity index (χ1n) is 12.1. The van der Waals surface area contributed by atoms with Crippen LogP contribution in [0.3, 0.4) is 0 Å². The Kier molecular flexibility index (Phi) is 7.10. The second-order valence-electron chi connectivity index (χ2n) is 9.03. The van der Waals surface area contributed by atoms with E-state index in [1.54, 1.807) is 7.05 Å². The maximum atomic E-state index is 13.6. The van der Waals surface area contributed by atoms with Crippen molar-refractivity contribution < 1.29 is 14.4 Å². The Hall–Kier alpha value is -3.48. The predicted molar refractivity (Wildman–Crippen MR) is 133 cm³/mol. The molecule has 4 rings (SSSR count). The monoisotopic (exact) mass is 460 g/mol. The number of hydrogen-bond donors (Lipinski definition) is 2. The molecule has 0 radical (unpaired) electrons. The van der Waals surface area contributed by atoms with Crippen LogP contribution in [0.15, 0.2) is 59.6 Å². The zero-order chi connectivity index (χ0) is 24.1. The average Bonchev–Trinajstić information content (AvgIpc) is 3.34. The minimum absolute atomic E-state index is 0.249. The number of amides is 3. The molecule has 1 atom stereocenters. The summed E-state index contributed by atoms with van der Waals surface area (Å²) < 4.78 is 0. The van der Waals surface area contributed by atoms with Gasteiger partial charge in [-0.3, -0.25) is 14.4 Å². The van der Waals surface area contributed by atoms with Crippen LogP contribution in [0.25, 0.3) is 0 Å². The highest BCUT2D eigenvalue weighted by atomic mass is 16.2. The number of anilines is 1. The van der Waals surface area contributed by atoms with Crippen LogP contribution in [0.4, 0.5) is 5.69 Å². The molecule has 7 nitrogen and oxygen atoms in total. The second kappa shape index (κ2) is 10.2. The number of unbranched alkanes of at least 4 members (excludes halogenated alkanes) is 1. The van der Waals surface area contributed by atoms with Gasteiger partial charge >= 0.3 is 0 Å². The molecule has 2 aromatic rings. The summed E-state index contributed by atoms with van der Waals surface area (Å²) >= 11 is 0. The summed E-state index contributed by atoms with van der Waals surface area (Å²) in [6.45, 7) is 2.60. The minimum Gasteiger partial charge on any atom is -0.355 e. The molecular formula is C27H32N4O3. The van der Waals surface area contributed by atoms with Crippen molar-refractivity contribution in [3.05, 3.63) is 65.7 Å². The van der Waals surface area contributed by atoms with Gasteiger partial charge in [0.2, 0.25) is 18.0 Å².